The Morgan fingerprint density at radius 2 is 1.48 bits per heavy atom. The second kappa shape index (κ2) is 7.28. The lowest BCUT2D eigenvalue weighted by Crippen LogP contribution is -2.23. The van der Waals surface area contributed by atoms with Gasteiger partial charge in [0.1, 0.15) is 6.10 Å². The number of hydrogen-bond acceptors (Lipinski definition) is 2. The molecule has 0 saturated heterocycles. The SMILES string of the molecule is CC(=O)OC1CCCCC1=C(c1ccccc1)c1ccccc1. The molecule has 0 bridgehead atoms. The number of hydrogen-bond donors (Lipinski definition) is 0. The highest BCUT2D eigenvalue weighted by atomic mass is 16.5. The summed E-state index contributed by atoms with van der Waals surface area (Å²) in [5.41, 5.74) is 4.85. The minimum absolute atomic E-state index is 0.100. The summed E-state index contributed by atoms with van der Waals surface area (Å²) < 4.78 is 5.63. The van der Waals surface area contributed by atoms with Gasteiger partial charge in [-0.25, -0.2) is 0 Å². The molecule has 2 nitrogen and oxygen atoms in total. The zero-order chi connectivity index (χ0) is 16.1. The largest absolute Gasteiger partial charge is 0.458 e. The van der Waals surface area contributed by atoms with Crippen LogP contribution in [0.4, 0.5) is 0 Å². The van der Waals surface area contributed by atoms with Crippen LogP contribution in [0.2, 0.25) is 0 Å². The van der Waals surface area contributed by atoms with Crippen molar-refractivity contribution in [3.8, 4) is 0 Å². The van der Waals surface area contributed by atoms with Crippen LogP contribution in [-0.2, 0) is 9.53 Å². The highest BCUT2D eigenvalue weighted by molar-refractivity contribution is 5.83. The number of esters is 1. The predicted octanol–water partition coefficient (Wildman–Crippen LogP) is 4.99. The quantitative estimate of drug-likeness (QED) is 0.746. The second-order valence-electron chi connectivity index (χ2n) is 5.98. The molecule has 1 saturated carbocycles. The van der Waals surface area contributed by atoms with Gasteiger partial charge in [-0.15, -0.1) is 0 Å². The van der Waals surface area contributed by atoms with Crippen molar-refractivity contribution >= 4 is 11.5 Å². The molecule has 0 aliphatic heterocycles. The fourth-order valence-electron chi connectivity index (χ4n) is 3.34. The van der Waals surface area contributed by atoms with Crippen molar-refractivity contribution in [1.82, 2.24) is 0 Å². The molecule has 23 heavy (non-hydrogen) atoms. The van der Waals surface area contributed by atoms with Crippen molar-refractivity contribution in [2.45, 2.75) is 38.7 Å². The maximum Gasteiger partial charge on any atom is 0.303 e. The fourth-order valence-corrected chi connectivity index (χ4v) is 3.34. The Morgan fingerprint density at radius 1 is 0.913 bits per heavy atom. The van der Waals surface area contributed by atoms with Crippen LogP contribution >= 0.6 is 0 Å². The van der Waals surface area contributed by atoms with Gasteiger partial charge >= 0.3 is 5.97 Å². The molecule has 3 rings (SSSR count). The summed E-state index contributed by atoms with van der Waals surface area (Å²) in [4.78, 5) is 11.5. The van der Waals surface area contributed by atoms with Gasteiger partial charge in [0.25, 0.3) is 0 Å². The van der Waals surface area contributed by atoms with Crippen LogP contribution in [0.25, 0.3) is 5.57 Å². The summed E-state index contributed by atoms with van der Waals surface area (Å²) in [5, 5.41) is 0. The Labute approximate surface area is 137 Å². The van der Waals surface area contributed by atoms with Gasteiger partial charge in [-0.2, -0.15) is 0 Å². The lowest BCUT2D eigenvalue weighted by atomic mass is 9.83. The van der Waals surface area contributed by atoms with Crippen molar-refractivity contribution in [3.05, 3.63) is 77.4 Å². The molecule has 2 aromatic rings. The third-order valence-electron chi connectivity index (χ3n) is 4.31. The van der Waals surface area contributed by atoms with E-state index in [0.29, 0.717) is 0 Å². The average molecular weight is 306 g/mol. The summed E-state index contributed by atoms with van der Waals surface area (Å²) in [6.45, 7) is 1.50. The van der Waals surface area contributed by atoms with Gasteiger partial charge in [0.2, 0.25) is 0 Å². The Balaban J connectivity index is 2.14. The van der Waals surface area contributed by atoms with Crippen molar-refractivity contribution in [3.63, 3.8) is 0 Å². The molecule has 2 heteroatoms. The summed E-state index contributed by atoms with van der Waals surface area (Å²) in [6, 6.07) is 20.8. The molecule has 1 aliphatic rings. The molecule has 0 heterocycles. The minimum atomic E-state index is -0.199. The Kier molecular flexibility index (Phi) is 4.92. The molecular weight excluding hydrogens is 284 g/mol. The Bertz CT molecular complexity index is 645. The standard InChI is InChI=1S/C21H22O2/c1-16(22)23-20-15-9-8-14-19(20)21(17-10-4-2-5-11-17)18-12-6-3-7-13-18/h2-7,10-13,20H,8-9,14-15H2,1H3. The van der Waals surface area contributed by atoms with E-state index in [2.05, 4.69) is 48.5 Å². The monoisotopic (exact) mass is 306 g/mol. The molecule has 1 unspecified atom stereocenters. The smallest absolute Gasteiger partial charge is 0.303 e. The second-order valence-corrected chi connectivity index (χ2v) is 5.98. The van der Waals surface area contributed by atoms with E-state index in [-0.39, 0.29) is 12.1 Å². The molecule has 1 atom stereocenters. The van der Waals surface area contributed by atoms with E-state index < -0.39 is 0 Å². The molecule has 0 aromatic heterocycles. The number of carbonyl (C=O) groups excluding carboxylic acids is 1. The predicted molar refractivity (Wildman–Crippen MR) is 92.9 cm³/mol. The normalized spacial score (nSPS) is 17.6. The molecule has 118 valence electrons. The highest BCUT2D eigenvalue weighted by Crippen LogP contribution is 2.36. The van der Waals surface area contributed by atoms with Gasteiger partial charge < -0.3 is 4.74 Å². The van der Waals surface area contributed by atoms with Gasteiger partial charge in [-0.05, 0) is 48.0 Å². The van der Waals surface area contributed by atoms with Crippen LogP contribution in [0.15, 0.2) is 66.2 Å². The summed E-state index contributed by atoms with van der Waals surface area (Å²) in [7, 11) is 0. The lowest BCUT2D eigenvalue weighted by Gasteiger charge is -2.28. The first-order valence-corrected chi connectivity index (χ1v) is 8.27. The van der Waals surface area contributed by atoms with Gasteiger partial charge in [-0.1, -0.05) is 60.7 Å². The first kappa shape index (κ1) is 15.5. The van der Waals surface area contributed by atoms with Crippen LogP contribution in [0.1, 0.15) is 43.7 Å². The van der Waals surface area contributed by atoms with Crippen molar-refractivity contribution < 1.29 is 9.53 Å². The first-order chi connectivity index (χ1) is 11.3. The Morgan fingerprint density at radius 3 is 2.00 bits per heavy atom. The van der Waals surface area contributed by atoms with E-state index in [0.717, 1.165) is 25.7 Å². The number of rotatable bonds is 3. The molecule has 2 aromatic carbocycles. The summed E-state index contributed by atoms with van der Waals surface area (Å²) in [6.07, 6.45) is 4.06. The minimum Gasteiger partial charge on any atom is -0.458 e. The van der Waals surface area contributed by atoms with Gasteiger partial charge in [0.05, 0.1) is 0 Å². The molecule has 0 spiro atoms. The third-order valence-corrected chi connectivity index (χ3v) is 4.31. The van der Waals surface area contributed by atoms with Crippen LogP contribution in [0, 0.1) is 0 Å². The molecule has 0 amide bonds. The number of benzene rings is 2. The van der Waals surface area contributed by atoms with Gasteiger partial charge in [0, 0.05) is 6.92 Å². The van der Waals surface area contributed by atoms with E-state index in [1.807, 2.05) is 12.1 Å². The third kappa shape index (κ3) is 3.70. The van der Waals surface area contributed by atoms with E-state index in [1.165, 1.54) is 29.2 Å². The van der Waals surface area contributed by atoms with Crippen LogP contribution in [0.3, 0.4) is 0 Å². The van der Waals surface area contributed by atoms with Crippen LogP contribution in [0.5, 0.6) is 0 Å². The van der Waals surface area contributed by atoms with Gasteiger partial charge in [0.15, 0.2) is 0 Å². The molecular formula is C21H22O2. The maximum atomic E-state index is 11.5. The Hall–Kier alpha value is -2.35. The summed E-state index contributed by atoms with van der Waals surface area (Å²) in [5.74, 6) is -0.199. The van der Waals surface area contributed by atoms with E-state index in [1.54, 1.807) is 0 Å². The topological polar surface area (TPSA) is 26.3 Å². The van der Waals surface area contributed by atoms with Crippen molar-refractivity contribution in [1.29, 1.82) is 0 Å². The van der Waals surface area contributed by atoms with E-state index in [4.69, 9.17) is 4.74 Å². The van der Waals surface area contributed by atoms with E-state index in [9.17, 15) is 4.79 Å². The zero-order valence-electron chi connectivity index (χ0n) is 13.5. The molecule has 0 N–H and O–H groups in total. The average Bonchev–Trinajstić information content (AvgIpc) is 2.58. The number of carbonyl (C=O) groups is 1. The van der Waals surface area contributed by atoms with Crippen LogP contribution in [-0.4, -0.2) is 12.1 Å². The molecule has 1 aliphatic carbocycles. The maximum absolute atomic E-state index is 11.5. The van der Waals surface area contributed by atoms with Gasteiger partial charge in [-0.3, -0.25) is 4.79 Å². The fraction of sp³-hybridized carbons (Fsp3) is 0.286. The number of ether oxygens (including phenoxy) is 1. The zero-order valence-corrected chi connectivity index (χ0v) is 13.5. The molecule has 0 radical (unpaired) electrons. The first-order valence-electron chi connectivity index (χ1n) is 8.27. The highest BCUT2D eigenvalue weighted by Gasteiger charge is 2.25. The summed E-state index contributed by atoms with van der Waals surface area (Å²) >= 11 is 0. The molecule has 1 fully saturated rings. The van der Waals surface area contributed by atoms with Crippen molar-refractivity contribution in [2.24, 2.45) is 0 Å². The van der Waals surface area contributed by atoms with E-state index >= 15 is 0 Å². The lowest BCUT2D eigenvalue weighted by molar-refractivity contribution is -0.145. The van der Waals surface area contributed by atoms with Crippen molar-refractivity contribution in [2.75, 3.05) is 0 Å². The van der Waals surface area contributed by atoms with Crippen LogP contribution < -0.4 is 0 Å².